The number of rotatable bonds is 5. The molecule has 0 saturated heterocycles. The van der Waals surface area contributed by atoms with Crippen LogP contribution < -0.4 is 20.1 Å². The Morgan fingerprint density at radius 2 is 2.12 bits per heavy atom. The van der Waals surface area contributed by atoms with Gasteiger partial charge in [-0.15, -0.1) is 0 Å². The Morgan fingerprint density at radius 3 is 2.92 bits per heavy atom. The maximum absolute atomic E-state index is 12.3. The van der Waals surface area contributed by atoms with Gasteiger partial charge in [-0.05, 0) is 30.7 Å². The Morgan fingerprint density at radius 1 is 1.32 bits per heavy atom. The number of carbonyl (C=O) groups is 2. The molecule has 6 nitrogen and oxygen atoms in total. The van der Waals surface area contributed by atoms with Crippen LogP contribution in [0.2, 0.25) is 0 Å². The Labute approximate surface area is 146 Å². The fraction of sp³-hybridized carbons (Fsp3) is 0.263. The molecular formula is C19H20N2O4. The maximum Gasteiger partial charge on any atom is 0.262 e. The van der Waals surface area contributed by atoms with Gasteiger partial charge in [-0.1, -0.05) is 24.3 Å². The van der Waals surface area contributed by atoms with E-state index in [0.717, 1.165) is 11.1 Å². The van der Waals surface area contributed by atoms with Crippen LogP contribution in [0.25, 0.3) is 0 Å². The number of fused-ring (bicyclic) bond motifs is 1. The van der Waals surface area contributed by atoms with Crippen molar-refractivity contribution in [2.45, 2.75) is 19.4 Å². The van der Waals surface area contributed by atoms with Gasteiger partial charge >= 0.3 is 0 Å². The minimum Gasteiger partial charge on any atom is -0.496 e. The molecule has 2 N–H and O–H groups in total. The predicted octanol–water partition coefficient (Wildman–Crippen LogP) is 2.45. The van der Waals surface area contributed by atoms with Crippen LogP contribution in [0.1, 0.15) is 24.1 Å². The SMILES string of the molecule is COc1ccccc1CC(=O)NC(C)c1ccc2c(c1)NC(=O)CO2. The quantitative estimate of drug-likeness (QED) is 0.876. The number of hydrogen-bond acceptors (Lipinski definition) is 4. The lowest BCUT2D eigenvalue weighted by Gasteiger charge is -2.21. The lowest BCUT2D eigenvalue weighted by atomic mass is 10.1. The maximum atomic E-state index is 12.3. The van der Waals surface area contributed by atoms with Crippen molar-refractivity contribution in [1.29, 1.82) is 0 Å². The summed E-state index contributed by atoms with van der Waals surface area (Å²) in [6.45, 7) is 1.92. The molecule has 3 rings (SSSR count). The zero-order valence-electron chi connectivity index (χ0n) is 14.2. The Kier molecular flexibility index (Phi) is 4.88. The molecule has 0 aromatic heterocycles. The van der Waals surface area contributed by atoms with Gasteiger partial charge in [-0.25, -0.2) is 0 Å². The summed E-state index contributed by atoms with van der Waals surface area (Å²) in [5.74, 6) is 1.04. The number of hydrogen-bond donors (Lipinski definition) is 2. The number of ether oxygens (including phenoxy) is 2. The Hall–Kier alpha value is -3.02. The molecule has 1 aliphatic heterocycles. The summed E-state index contributed by atoms with van der Waals surface area (Å²) < 4.78 is 10.6. The molecule has 25 heavy (non-hydrogen) atoms. The van der Waals surface area contributed by atoms with Gasteiger partial charge < -0.3 is 20.1 Å². The average molecular weight is 340 g/mol. The molecule has 0 aliphatic carbocycles. The molecule has 1 unspecified atom stereocenters. The number of methoxy groups -OCH3 is 1. The molecule has 2 amide bonds. The number of benzene rings is 2. The summed E-state index contributed by atoms with van der Waals surface area (Å²) in [6, 6.07) is 12.7. The first-order valence-corrected chi connectivity index (χ1v) is 8.04. The molecular weight excluding hydrogens is 320 g/mol. The molecule has 0 fully saturated rings. The second-order valence-corrected chi connectivity index (χ2v) is 5.87. The first-order valence-electron chi connectivity index (χ1n) is 8.04. The topological polar surface area (TPSA) is 76.7 Å². The van der Waals surface area contributed by atoms with Gasteiger partial charge in [0, 0.05) is 5.56 Å². The first-order chi connectivity index (χ1) is 12.1. The smallest absolute Gasteiger partial charge is 0.262 e. The highest BCUT2D eigenvalue weighted by Crippen LogP contribution is 2.30. The highest BCUT2D eigenvalue weighted by atomic mass is 16.5. The third-order valence-electron chi connectivity index (χ3n) is 4.06. The fourth-order valence-electron chi connectivity index (χ4n) is 2.77. The van der Waals surface area contributed by atoms with E-state index >= 15 is 0 Å². The number of nitrogens with one attached hydrogen (secondary N) is 2. The van der Waals surface area contributed by atoms with Gasteiger partial charge in [0.25, 0.3) is 5.91 Å². The molecule has 130 valence electrons. The standard InChI is InChI=1S/C19H20N2O4/c1-12(13-7-8-17-15(9-13)21-19(23)11-25-17)20-18(22)10-14-5-3-4-6-16(14)24-2/h3-9,12H,10-11H2,1-2H3,(H,20,22)(H,21,23). The molecule has 2 aromatic carbocycles. The van der Waals surface area contributed by atoms with Gasteiger partial charge in [-0.3, -0.25) is 9.59 Å². The predicted molar refractivity (Wildman–Crippen MR) is 93.8 cm³/mol. The van der Waals surface area contributed by atoms with E-state index in [1.54, 1.807) is 13.2 Å². The van der Waals surface area contributed by atoms with E-state index < -0.39 is 0 Å². The summed E-state index contributed by atoms with van der Waals surface area (Å²) in [4.78, 5) is 23.8. The zero-order valence-corrected chi connectivity index (χ0v) is 14.2. The Bertz CT molecular complexity index is 804. The summed E-state index contributed by atoms with van der Waals surface area (Å²) in [5.41, 5.74) is 2.35. The molecule has 2 aromatic rings. The van der Waals surface area contributed by atoms with Crippen molar-refractivity contribution in [3.05, 3.63) is 53.6 Å². The van der Waals surface area contributed by atoms with E-state index in [0.29, 0.717) is 17.2 Å². The third kappa shape index (κ3) is 3.91. The lowest BCUT2D eigenvalue weighted by molar-refractivity contribution is -0.121. The molecule has 1 heterocycles. The summed E-state index contributed by atoms with van der Waals surface area (Å²) in [5, 5.41) is 5.74. The second-order valence-electron chi connectivity index (χ2n) is 5.87. The minimum absolute atomic E-state index is 0.0253. The van der Waals surface area contributed by atoms with Crippen molar-refractivity contribution in [1.82, 2.24) is 5.32 Å². The zero-order chi connectivity index (χ0) is 17.8. The monoisotopic (exact) mass is 340 g/mol. The molecule has 1 atom stereocenters. The van der Waals surface area contributed by atoms with E-state index in [4.69, 9.17) is 9.47 Å². The minimum atomic E-state index is -0.202. The molecule has 0 bridgehead atoms. The Balaban J connectivity index is 1.67. The van der Waals surface area contributed by atoms with Crippen molar-refractivity contribution >= 4 is 17.5 Å². The van der Waals surface area contributed by atoms with Crippen molar-refractivity contribution in [2.75, 3.05) is 19.0 Å². The van der Waals surface area contributed by atoms with Crippen LogP contribution >= 0.6 is 0 Å². The van der Waals surface area contributed by atoms with Crippen LogP contribution in [0.15, 0.2) is 42.5 Å². The fourth-order valence-corrected chi connectivity index (χ4v) is 2.77. The van der Waals surface area contributed by atoms with Crippen LogP contribution in [0, 0.1) is 0 Å². The summed E-state index contributed by atoms with van der Waals surface area (Å²) in [7, 11) is 1.59. The molecule has 0 saturated carbocycles. The summed E-state index contributed by atoms with van der Waals surface area (Å²) >= 11 is 0. The van der Waals surface area contributed by atoms with Crippen molar-refractivity contribution in [3.63, 3.8) is 0 Å². The van der Waals surface area contributed by atoms with E-state index in [2.05, 4.69) is 10.6 Å². The van der Waals surface area contributed by atoms with E-state index in [-0.39, 0.29) is 30.9 Å². The van der Waals surface area contributed by atoms with Crippen LogP contribution in [-0.4, -0.2) is 25.5 Å². The van der Waals surface area contributed by atoms with Gasteiger partial charge in [0.05, 0.1) is 25.3 Å². The molecule has 6 heteroatoms. The normalized spacial score (nSPS) is 13.9. The number of carbonyl (C=O) groups excluding carboxylic acids is 2. The molecule has 0 radical (unpaired) electrons. The van der Waals surface area contributed by atoms with Crippen molar-refractivity contribution in [3.8, 4) is 11.5 Å². The summed E-state index contributed by atoms with van der Waals surface area (Å²) in [6.07, 6.45) is 0.235. The van der Waals surface area contributed by atoms with Crippen LogP contribution in [0.3, 0.4) is 0 Å². The van der Waals surface area contributed by atoms with Crippen LogP contribution in [-0.2, 0) is 16.0 Å². The van der Waals surface area contributed by atoms with Crippen LogP contribution in [0.4, 0.5) is 5.69 Å². The molecule has 0 spiro atoms. The van der Waals surface area contributed by atoms with Gasteiger partial charge in [-0.2, -0.15) is 0 Å². The van der Waals surface area contributed by atoms with E-state index in [9.17, 15) is 9.59 Å². The van der Waals surface area contributed by atoms with E-state index in [1.807, 2.05) is 43.3 Å². The van der Waals surface area contributed by atoms with Gasteiger partial charge in [0.15, 0.2) is 6.61 Å². The first kappa shape index (κ1) is 16.8. The third-order valence-corrected chi connectivity index (χ3v) is 4.06. The number of anilines is 1. The highest BCUT2D eigenvalue weighted by molar-refractivity contribution is 5.95. The van der Waals surface area contributed by atoms with Crippen molar-refractivity contribution < 1.29 is 19.1 Å². The van der Waals surface area contributed by atoms with E-state index in [1.165, 1.54) is 0 Å². The van der Waals surface area contributed by atoms with Gasteiger partial charge in [0.1, 0.15) is 11.5 Å². The number of para-hydroxylation sites is 1. The average Bonchev–Trinajstić information content (AvgIpc) is 2.61. The lowest BCUT2D eigenvalue weighted by Crippen LogP contribution is -2.29. The van der Waals surface area contributed by atoms with Crippen LogP contribution in [0.5, 0.6) is 11.5 Å². The second kappa shape index (κ2) is 7.25. The highest BCUT2D eigenvalue weighted by Gasteiger charge is 2.18. The van der Waals surface area contributed by atoms with Crippen molar-refractivity contribution in [2.24, 2.45) is 0 Å². The van der Waals surface area contributed by atoms with Gasteiger partial charge in [0.2, 0.25) is 5.91 Å². The number of amides is 2. The largest absolute Gasteiger partial charge is 0.496 e. The molecule has 1 aliphatic rings.